The van der Waals surface area contributed by atoms with Crippen LogP contribution in [0.4, 0.5) is 5.69 Å². The van der Waals surface area contributed by atoms with Crippen LogP contribution in [0.1, 0.15) is 31.2 Å². The third-order valence-electron chi connectivity index (χ3n) is 3.93. The summed E-state index contributed by atoms with van der Waals surface area (Å²) in [6, 6.07) is 9.52. The van der Waals surface area contributed by atoms with E-state index in [9.17, 15) is 0 Å². The molecule has 2 aliphatic heterocycles. The Morgan fingerprint density at radius 3 is 2.61 bits per heavy atom. The topological polar surface area (TPSA) is 47.9 Å². The predicted molar refractivity (Wildman–Crippen MR) is 72.8 cm³/mol. The van der Waals surface area contributed by atoms with Crippen molar-refractivity contribution in [1.82, 2.24) is 5.32 Å². The van der Waals surface area contributed by atoms with E-state index in [0.29, 0.717) is 28.7 Å². The number of hydrogen-bond acceptors (Lipinski definition) is 3. The van der Waals surface area contributed by atoms with Crippen molar-refractivity contribution < 1.29 is 0 Å². The van der Waals surface area contributed by atoms with E-state index in [1.165, 1.54) is 25.7 Å². The molecule has 2 bridgehead atoms. The first kappa shape index (κ1) is 11.8. The van der Waals surface area contributed by atoms with Crippen LogP contribution in [0.3, 0.4) is 0 Å². The molecule has 18 heavy (non-hydrogen) atoms. The van der Waals surface area contributed by atoms with Gasteiger partial charge in [-0.25, -0.2) is 0 Å². The summed E-state index contributed by atoms with van der Waals surface area (Å²) in [5.74, 6) is 0. The summed E-state index contributed by atoms with van der Waals surface area (Å²) in [5, 5.41) is 16.5. The van der Waals surface area contributed by atoms with E-state index in [-0.39, 0.29) is 0 Å². The smallest absolute Gasteiger partial charge is 0.101 e. The number of hydrogen-bond donors (Lipinski definition) is 2. The third kappa shape index (κ3) is 2.31. The summed E-state index contributed by atoms with van der Waals surface area (Å²) in [6.07, 6.45) is 4.95. The molecule has 2 N–H and O–H groups in total. The fraction of sp³-hybridized carbons (Fsp3) is 0.500. The van der Waals surface area contributed by atoms with Crippen molar-refractivity contribution in [3.63, 3.8) is 0 Å². The zero-order chi connectivity index (χ0) is 12.5. The fourth-order valence-electron chi connectivity index (χ4n) is 3.11. The number of rotatable bonds is 2. The van der Waals surface area contributed by atoms with Gasteiger partial charge in [0.15, 0.2) is 0 Å². The first-order chi connectivity index (χ1) is 8.74. The maximum Gasteiger partial charge on any atom is 0.101 e. The Kier molecular flexibility index (Phi) is 3.15. The Morgan fingerprint density at radius 1 is 1.28 bits per heavy atom. The first-order valence-corrected chi connectivity index (χ1v) is 6.84. The van der Waals surface area contributed by atoms with Crippen LogP contribution in [0.2, 0.25) is 5.02 Å². The molecule has 1 aromatic rings. The Bertz CT molecular complexity index is 482. The highest BCUT2D eigenvalue weighted by molar-refractivity contribution is 6.32. The van der Waals surface area contributed by atoms with Gasteiger partial charge in [-0.05, 0) is 43.9 Å². The molecule has 2 saturated heterocycles. The maximum atomic E-state index is 8.85. The molecule has 0 saturated carbocycles. The van der Waals surface area contributed by atoms with E-state index in [0.717, 1.165) is 5.69 Å². The van der Waals surface area contributed by atoms with Gasteiger partial charge in [0.2, 0.25) is 0 Å². The second-order valence-corrected chi connectivity index (χ2v) is 5.66. The predicted octanol–water partition coefficient (Wildman–Crippen LogP) is 2.91. The lowest BCUT2D eigenvalue weighted by Crippen LogP contribution is -2.43. The first-order valence-electron chi connectivity index (χ1n) is 6.47. The molecule has 0 amide bonds. The highest BCUT2D eigenvalue weighted by atomic mass is 35.5. The normalized spacial score (nSPS) is 29.9. The monoisotopic (exact) mass is 261 g/mol. The molecular weight excluding hydrogens is 246 g/mol. The van der Waals surface area contributed by atoms with Crippen LogP contribution < -0.4 is 10.6 Å². The molecule has 0 aliphatic carbocycles. The SMILES string of the molecule is N#Cc1ccc(NC2CC3CCC(C2)N3)cc1Cl. The number of piperidine rings is 1. The second-order valence-electron chi connectivity index (χ2n) is 5.26. The number of halogens is 1. The molecule has 2 fully saturated rings. The Hall–Kier alpha value is -1.24. The van der Waals surface area contributed by atoms with Gasteiger partial charge in [-0.3, -0.25) is 0 Å². The lowest BCUT2D eigenvalue weighted by atomic mass is 9.99. The number of anilines is 1. The summed E-state index contributed by atoms with van der Waals surface area (Å²) in [4.78, 5) is 0. The van der Waals surface area contributed by atoms with Crippen molar-refractivity contribution in [3.05, 3.63) is 28.8 Å². The molecule has 3 rings (SSSR count). The fourth-order valence-corrected chi connectivity index (χ4v) is 3.33. The van der Waals surface area contributed by atoms with Crippen LogP contribution in [-0.2, 0) is 0 Å². The third-order valence-corrected chi connectivity index (χ3v) is 4.25. The number of fused-ring (bicyclic) bond motifs is 2. The summed E-state index contributed by atoms with van der Waals surface area (Å²) in [7, 11) is 0. The molecule has 2 unspecified atom stereocenters. The Balaban J connectivity index is 1.69. The van der Waals surface area contributed by atoms with Gasteiger partial charge >= 0.3 is 0 Å². The van der Waals surface area contributed by atoms with Crippen molar-refractivity contribution in [2.24, 2.45) is 0 Å². The number of nitriles is 1. The molecule has 2 heterocycles. The van der Waals surface area contributed by atoms with Crippen molar-refractivity contribution in [3.8, 4) is 6.07 Å². The highest BCUT2D eigenvalue weighted by Crippen LogP contribution is 2.29. The average molecular weight is 262 g/mol. The van der Waals surface area contributed by atoms with Gasteiger partial charge in [0.1, 0.15) is 6.07 Å². The van der Waals surface area contributed by atoms with E-state index in [4.69, 9.17) is 16.9 Å². The molecule has 1 aromatic carbocycles. The quantitative estimate of drug-likeness (QED) is 0.861. The van der Waals surface area contributed by atoms with E-state index >= 15 is 0 Å². The minimum atomic E-state index is 0.521. The molecule has 94 valence electrons. The van der Waals surface area contributed by atoms with Crippen LogP contribution in [-0.4, -0.2) is 18.1 Å². The number of nitrogens with one attached hydrogen (secondary N) is 2. The molecule has 3 nitrogen and oxygen atoms in total. The minimum absolute atomic E-state index is 0.521. The lowest BCUT2D eigenvalue weighted by Gasteiger charge is -2.30. The number of benzene rings is 1. The average Bonchev–Trinajstić information content (AvgIpc) is 2.69. The molecule has 2 atom stereocenters. The van der Waals surface area contributed by atoms with Crippen LogP contribution in [0, 0.1) is 11.3 Å². The number of nitrogens with zero attached hydrogens (tertiary/aromatic N) is 1. The van der Waals surface area contributed by atoms with E-state index < -0.39 is 0 Å². The molecule has 0 spiro atoms. The van der Waals surface area contributed by atoms with Gasteiger partial charge < -0.3 is 10.6 Å². The van der Waals surface area contributed by atoms with Crippen molar-refractivity contribution in [1.29, 1.82) is 5.26 Å². The van der Waals surface area contributed by atoms with Gasteiger partial charge in [-0.15, -0.1) is 0 Å². The second kappa shape index (κ2) is 4.79. The van der Waals surface area contributed by atoms with Crippen LogP contribution in [0.5, 0.6) is 0 Å². The van der Waals surface area contributed by atoms with E-state index in [1.807, 2.05) is 12.1 Å². The highest BCUT2D eigenvalue weighted by Gasteiger charge is 2.33. The largest absolute Gasteiger partial charge is 0.382 e. The standard InChI is InChI=1S/C14H16ClN3/c15-14-7-12(2-1-9(14)8-16)18-13-5-10-3-4-11(6-13)17-10/h1-2,7,10-11,13,17-18H,3-6H2. The van der Waals surface area contributed by atoms with Crippen molar-refractivity contribution in [2.45, 2.75) is 43.8 Å². The van der Waals surface area contributed by atoms with Gasteiger partial charge in [-0.2, -0.15) is 5.26 Å². The van der Waals surface area contributed by atoms with Gasteiger partial charge in [0, 0.05) is 23.8 Å². The maximum absolute atomic E-state index is 8.85. The Morgan fingerprint density at radius 2 is 2.00 bits per heavy atom. The van der Waals surface area contributed by atoms with Gasteiger partial charge in [0.25, 0.3) is 0 Å². The summed E-state index contributed by atoms with van der Waals surface area (Å²) in [6.45, 7) is 0. The molecule has 2 aliphatic rings. The minimum Gasteiger partial charge on any atom is -0.382 e. The summed E-state index contributed by atoms with van der Waals surface area (Å²) < 4.78 is 0. The van der Waals surface area contributed by atoms with Crippen molar-refractivity contribution >= 4 is 17.3 Å². The molecular formula is C14H16ClN3. The summed E-state index contributed by atoms with van der Waals surface area (Å²) in [5.41, 5.74) is 1.55. The lowest BCUT2D eigenvalue weighted by molar-refractivity contribution is 0.378. The summed E-state index contributed by atoms with van der Waals surface area (Å²) >= 11 is 6.04. The van der Waals surface area contributed by atoms with E-state index in [2.05, 4.69) is 16.7 Å². The van der Waals surface area contributed by atoms with Crippen molar-refractivity contribution in [2.75, 3.05) is 5.32 Å². The zero-order valence-electron chi connectivity index (χ0n) is 10.1. The van der Waals surface area contributed by atoms with Crippen LogP contribution in [0.25, 0.3) is 0 Å². The van der Waals surface area contributed by atoms with Gasteiger partial charge in [0.05, 0.1) is 10.6 Å². The molecule has 0 radical (unpaired) electrons. The zero-order valence-corrected chi connectivity index (χ0v) is 10.9. The van der Waals surface area contributed by atoms with Crippen LogP contribution in [0.15, 0.2) is 18.2 Å². The van der Waals surface area contributed by atoms with Gasteiger partial charge in [-0.1, -0.05) is 11.6 Å². The van der Waals surface area contributed by atoms with Crippen LogP contribution >= 0.6 is 11.6 Å². The Labute approximate surface area is 112 Å². The molecule has 4 heteroatoms. The molecule has 0 aromatic heterocycles. The van der Waals surface area contributed by atoms with E-state index in [1.54, 1.807) is 6.07 Å².